The van der Waals surface area contributed by atoms with Crippen molar-refractivity contribution < 1.29 is 4.79 Å². The normalized spacial score (nSPS) is 22.0. The van der Waals surface area contributed by atoms with Crippen LogP contribution in [-0.2, 0) is 4.79 Å². The summed E-state index contributed by atoms with van der Waals surface area (Å²) < 4.78 is 0. The van der Waals surface area contributed by atoms with E-state index in [1.807, 2.05) is 19.2 Å². The van der Waals surface area contributed by atoms with Gasteiger partial charge in [0.25, 0.3) is 0 Å². The van der Waals surface area contributed by atoms with Crippen LogP contribution in [0.15, 0.2) is 12.3 Å². The molecule has 1 unspecified atom stereocenters. The van der Waals surface area contributed by atoms with E-state index in [1.165, 1.54) is 25.7 Å². The number of aryl methyl sites for hydroxylation is 1. The second-order valence-corrected chi connectivity index (χ2v) is 7.27. The molecular formula is C18H25N5O. The van der Waals surface area contributed by atoms with E-state index in [2.05, 4.69) is 31.8 Å². The third kappa shape index (κ3) is 2.74. The molecule has 1 atom stereocenters. The number of nitrogens with zero attached hydrogens (tertiary/aromatic N) is 4. The van der Waals surface area contributed by atoms with Crippen LogP contribution in [0.3, 0.4) is 0 Å². The lowest BCUT2D eigenvalue weighted by Crippen LogP contribution is -2.35. The topological polar surface area (TPSA) is 65.1 Å². The zero-order chi connectivity index (χ0) is 16.7. The summed E-state index contributed by atoms with van der Waals surface area (Å²) >= 11 is 0. The van der Waals surface area contributed by atoms with Crippen molar-refractivity contribution in [1.82, 2.24) is 19.9 Å². The lowest BCUT2D eigenvalue weighted by atomic mass is 10.1. The fourth-order valence-electron chi connectivity index (χ4n) is 4.29. The van der Waals surface area contributed by atoms with E-state index >= 15 is 0 Å². The van der Waals surface area contributed by atoms with Crippen LogP contribution in [0, 0.1) is 12.8 Å². The monoisotopic (exact) mass is 327 g/mol. The Balaban J connectivity index is 1.48. The highest BCUT2D eigenvalue weighted by molar-refractivity contribution is 5.86. The van der Waals surface area contributed by atoms with Crippen molar-refractivity contribution in [2.75, 3.05) is 25.0 Å². The first-order valence-electron chi connectivity index (χ1n) is 8.94. The maximum atomic E-state index is 12.4. The van der Waals surface area contributed by atoms with Gasteiger partial charge in [-0.1, -0.05) is 12.8 Å². The molecule has 1 aliphatic carbocycles. The third-order valence-corrected chi connectivity index (χ3v) is 5.40. The molecule has 1 saturated carbocycles. The van der Waals surface area contributed by atoms with E-state index in [0.717, 1.165) is 35.8 Å². The van der Waals surface area contributed by atoms with E-state index < -0.39 is 0 Å². The number of aromatic amines is 1. The molecule has 1 amide bonds. The van der Waals surface area contributed by atoms with Gasteiger partial charge in [0, 0.05) is 44.7 Å². The Morgan fingerprint density at radius 3 is 2.92 bits per heavy atom. The van der Waals surface area contributed by atoms with Crippen LogP contribution < -0.4 is 4.90 Å². The number of anilines is 1. The van der Waals surface area contributed by atoms with Gasteiger partial charge in [0.2, 0.25) is 5.91 Å². The average molecular weight is 327 g/mol. The molecule has 0 aromatic carbocycles. The molecule has 6 heteroatoms. The molecule has 3 heterocycles. The summed E-state index contributed by atoms with van der Waals surface area (Å²) in [6, 6.07) is 2.46. The van der Waals surface area contributed by atoms with E-state index in [4.69, 9.17) is 0 Å². The number of nitrogens with one attached hydrogen (secondary N) is 1. The van der Waals surface area contributed by atoms with E-state index in [9.17, 15) is 4.79 Å². The number of carbonyl (C=O) groups is 1. The number of carbonyl (C=O) groups excluding carboxylic acids is 1. The van der Waals surface area contributed by atoms with Crippen molar-refractivity contribution in [3.05, 3.63) is 18.1 Å². The minimum absolute atomic E-state index is 0.337. The van der Waals surface area contributed by atoms with Gasteiger partial charge in [-0.15, -0.1) is 0 Å². The van der Waals surface area contributed by atoms with Crippen LogP contribution in [-0.4, -0.2) is 51.9 Å². The predicted octanol–water partition coefficient (Wildman–Crippen LogP) is 2.49. The zero-order valence-electron chi connectivity index (χ0n) is 14.5. The average Bonchev–Trinajstić information content (AvgIpc) is 3.26. The highest BCUT2D eigenvalue weighted by atomic mass is 16.2. The second kappa shape index (κ2) is 6.07. The van der Waals surface area contributed by atoms with Crippen molar-refractivity contribution in [2.45, 2.75) is 45.1 Å². The smallest absolute Gasteiger partial charge is 0.223 e. The molecule has 0 bridgehead atoms. The summed E-state index contributed by atoms with van der Waals surface area (Å²) in [6.45, 7) is 3.66. The molecule has 1 saturated heterocycles. The molecule has 2 fully saturated rings. The van der Waals surface area contributed by atoms with E-state index in [0.29, 0.717) is 24.3 Å². The summed E-state index contributed by atoms with van der Waals surface area (Å²) in [5.74, 6) is 2.42. The fraction of sp³-hybridized carbons (Fsp3) is 0.611. The molecular weight excluding hydrogens is 302 g/mol. The van der Waals surface area contributed by atoms with Gasteiger partial charge in [-0.2, -0.15) is 0 Å². The number of fused-ring (bicyclic) bond motifs is 1. The number of amides is 1. The van der Waals surface area contributed by atoms with Gasteiger partial charge >= 0.3 is 0 Å². The third-order valence-electron chi connectivity index (χ3n) is 5.40. The quantitative estimate of drug-likeness (QED) is 0.937. The van der Waals surface area contributed by atoms with Gasteiger partial charge in [-0.3, -0.25) is 4.79 Å². The summed E-state index contributed by atoms with van der Waals surface area (Å²) in [4.78, 5) is 29.0. The van der Waals surface area contributed by atoms with Gasteiger partial charge in [0.15, 0.2) is 5.82 Å². The van der Waals surface area contributed by atoms with Crippen LogP contribution in [0.4, 0.5) is 5.82 Å². The van der Waals surface area contributed by atoms with Crippen LogP contribution in [0.5, 0.6) is 0 Å². The van der Waals surface area contributed by atoms with Crippen molar-refractivity contribution >= 4 is 22.8 Å². The van der Waals surface area contributed by atoms with Crippen molar-refractivity contribution in [1.29, 1.82) is 0 Å². The lowest BCUT2D eigenvalue weighted by molar-refractivity contribution is -0.129. The molecule has 1 N–H and O–H groups in total. The predicted molar refractivity (Wildman–Crippen MR) is 94.0 cm³/mol. The number of rotatable bonds is 4. The van der Waals surface area contributed by atoms with E-state index in [1.54, 1.807) is 0 Å². The Morgan fingerprint density at radius 2 is 2.12 bits per heavy atom. The van der Waals surface area contributed by atoms with Gasteiger partial charge in [0.05, 0.1) is 5.52 Å². The molecule has 24 heavy (non-hydrogen) atoms. The molecule has 4 rings (SSSR count). The van der Waals surface area contributed by atoms with E-state index in [-0.39, 0.29) is 0 Å². The van der Waals surface area contributed by atoms with Crippen LogP contribution >= 0.6 is 0 Å². The Morgan fingerprint density at radius 1 is 1.33 bits per heavy atom. The molecule has 2 aliphatic rings. The molecule has 2 aromatic heterocycles. The SMILES string of the molecule is Cc1nc(N(C)CC2CC(=O)N(C3CCCC3)C2)c2[nH]ccc2n1. The first-order valence-corrected chi connectivity index (χ1v) is 8.94. The molecule has 2 aromatic rings. The van der Waals surface area contributed by atoms with Gasteiger partial charge in [0.1, 0.15) is 11.3 Å². The summed E-state index contributed by atoms with van der Waals surface area (Å²) in [5, 5.41) is 0. The summed E-state index contributed by atoms with van der Waals surface area (Å²) in [7, 11) is 2.06. The Kier molecular flexibility index (Phi) is 3.90. The van der Waals surface area contributed by atoms with Crippen LogP contribution in [0.25, 0.3) is 11.0 Å². The van der Waals surface area contributed by atoms with Gasteiger partial charge in [-0.25, -0.2) is 9.97 Å². The number of hydrogen-bond donors (Lipinski definition) is 1. The minimum atomic E-state index is 0.337. The number of H-pyrrole nitrogens is 1. The maximum absolute atomic E-state index is 12.4. The number of hydrogen-bond acceptors (Lipinski definition) is 4. The molecule has 0 spiro atoms. The Hall–Kier alpha value is -2.11. The molecule has 1 aliphatic heterocycles. The van der Waals surface area contributed by atoms with Crippen molar-refractivity contribution in [3.8, 4) is 0 Å². The Labute approximate surface area is 142 Å². The first-order chi connectivity index (χ1) is 11.6. The summed E-state index contributed by atoms with van der Waals surface area (Å²) in [6.07, 6.45) is 7.47. The number of aromatic nitrogens is 3. The molecule has 0 radical (unpaired) electrons. The number of likely N-dealkylation sites (tertiary alicyclic amines) is 1. The molecule has 128 valence electrons. The standard InChI is InChI=1S/C18H25N5O/c1-12-20-15-7-8-19-17(15)18(21-12)22(2)10-13-9-16(24)23(11-13)14-5-3-4-6-14/h7-8,13-14,19H,3-6,9-11H2,1-2H3. The minimum Gasteiger partial charge on any atom is -0.357 e. The fourth-order valence-corrected chi connectivity index (χ4v) is 4.29. The van der Waals surface area contributed by atoms with Crippen LogP contribution in [0.2, 0.25) is 0 Å². The van der Waals surface area contributed by atoms with Gasteiger partial charge < -0.3 is 14.8 Å². The molecule has 6 nitrogen and oxygen atoms in total. The lowest BCUT2D eigenvalue weighted by Gasteiger charge is -2.26. The van der Waals surface area contributed by atoms with Crippen molar-refractivity contribution in [3.63, 3.8) is 0 Å². The highest BCUT2D eigenvalue weighted by Crippen LogP contribution is 2.30. The highest BCUT2D eigenvalue weighted by Gasteiger charge is 2.36. The largest absolute Gasteiger partial charge is 0.357 e. The van der Waals surface area contributed by atoms with Crippen molar-refractivity contribution in [2.24, 2.45) is 5.92 Å². The maximum Gasteiger partial charge on any atom is 0.223 e. The van der Waals surface area contributed by atoms with Gasteiger partial charge in [-0.05, 0) is 25.8 Å². The van der Waals surface area contributed by atoms with Crippen LogP contribution in [0.1, 0.15) is 37.9 Å². The first kappa shape index (κ1) is 15.4. The zero-order valence-corrected chi connectivity index (χ0v) is 14.5. The Bertz CT molecular complexity index is 749. The summed E-state index contributed by atoms with van der Waals surface area (Å²) in [5.41, 5.74) is 1.92. The second-order valence-electron chi connectivity index (χ2n) is 7.27.